The maximum absolute atomic E-state index is 11.3. The maximum Gasteiger partial charge on any atom is 0.353 e. The second-order valence-corrected chi connectivity index (χ2v) is 4.95. The van der Waals surface area contributed by atoms with E-state index in [1.807, 2.05) is 0 Å². The molecule has 1 unspecified atom stereocenters. The zero-order valence-electron chi connectivity index (χ0n) is 11.9. The van der Waals surface area contributed by atoms with Crippen molar-refractivity contribution in [2.45, 2.75) is 24.5 Å². The molecule has 4 atom stereocenters. The van der Waals surface area contributed by atoms with Gasteiger partial charge in [0.15, 0.2) is 6.23 Å². The van der Waals surface area contributed by atoms with Gasteiger partial charge in [0.2, 0.25) is 11.6 Å². The first-order valence-electron chi connectivity index (χ1n) is 6.42. The van der Waals surface area contributed by atoms with E-state index in [4.69, 9.17) is 9.84 Å². The Bertz CT molecular complexity index is 556. The zero-order valence-corrected chi connectivity index (χ0v) is 11.9. The van der Waals surface area contributed by atoms with E-state index in [2.05, 4.69) is 15.3 Å². The van der Waals surface area contributed by atoms with Crippen LogP contribution in [0.25, 0.3) is 0 Å². The van der Waals surface area contributed by atoms with Crippen molar-refractivity contribution in [1.29, 1.82) is 0 Å². The molecule has 11 nitrogen and oxygen atoms in total. The van der Waals surface area contributed by atoms with Crippen LogP contribution in [-0.4, -0.2) is 75.5 Å². The highest BCUT2D eigenvalue weighted by Crippen LogP contribution is 2.32. The second kappa shape index (κ2) is 6.36. The van der Waals surface area contributed by atoms with Crippen LogP contribution in [0.2, 0.25) is 0 Å². The summed E-state index contributed by atoms with van der Waals surface area (Å²) in [5.74, 6) is -0.0761. The van der Waals surface area contributed by atoms with E-state index in [0.717, 1.165) is 6.33 Å². The molecular formula is C11H17N5O6. The minimum Gasteiger partial charge on any atom is -0.394 e. The molecule has 2 rings (SSSR count). The fraction of sp³-hybridized carbons (Fsp3) is 0.636. The van der Waals surface area contributed by atoms with Crippen molar-refractivity contribution < 1.29 is 25.0 Å². The zero-order chi connectivity index (χ0) is 16.4. The van der Waals surface area contributed by atoms with E-state index < -0.39 is 36.1 Å². The van der Waals surface area contributed by atoms with Crippen LogP contribution in [0.5, 0.6) is 0 Å². The number of hydrogen-bond acceptors (Lipinski definition) is 10. The lowest BCUT2D eigenvalue weighted by molar-refractivity contribution is -0.383. The van der Waals surface area contributed by atoms with Gasteiger partial charge in [-0.05, 0) is 0 Å². The van der Waals surface area contributed by atoms with Crippen LogP contribution in [0.4, 0.5) is 17.3 Å². The molecule has 0 bridgehead atoms. The summed E-state index contributed by atoms with van der Waals surface area (Å²) in [5.41, 5.74) is -0.384. The fourth-order valence-electron chi connectivity index (χ4n) is 2.12. The highest BCUT2D eigenvalue weighted by molar-refractivity contribution is 5.70. The molecule has 0 spiro atoms. The van der Waals surface area contributed by atoms with Crippen LogP contribution in [-0.2, 0) is 4.74 Å². The van der Waals surface area contributed by atoms with Crippen LogP contribution in [0.1, 0.15) is 0 Å². The predicted octanol–water partition coefficient (Wildman–Crippen LogP) is -1.70. The van der Waals surface area contributed by atoms with Gasteiger partial charge in [0.1, 0.15) is 24.6 Å². The van der Waals surface area contributed by atoms with Crippen LogP contribution in [0, 0.1) is 10.1 Å². The summed E-state index contributed by atoms with van der Waals surface area (Å²) in [7, 11) is 3.18. The van der Waals surface area contributed by atoms with Crippen molar-refractivity contribution in [3.8, 4) is 0 Å². The lowest BCUT2D eigenvalue weighted by Gasteiger charge is -2.18. The summed E-state index contributed by atoms with van der Waals surface area (Å²) in [4.78, 5) is 19.7. The summed E-state index contributed by atoms with van der Waals surface area (Å²) in [5, 5.41) is 42.4. The first kappa shape index (κ1) is 16.3. The van der Waals surface area contributed by atoms with Gasteiger partial charge in [0.05, 0.1) is 11.5 Å². The average Bonchev–Trinajstić information content (AvgIpc) is 2.74. The van der Waals surface area contributed by atoms with E-state index >= 15 is 0 Å². The molecule has 1 aliphatic rings. The Morgan fingerprint density at radius 3 is 2.59 bits per heavy atom. The van der Waals surface area contributed by atoms with E-state index in [9.17, 15) is 20.3 Å². The van der Waals surface area contributed by atoms with Gasteiger partial charge in [-0.15, -0.1) is 0 Å². The molecule has 1 fully saturated rings. The number of hydrogen-bond donors (Lipinski definition) is 4. The number of nitrogens with one attached hydrogen (secondary N) is 1. The third-order valence-electron chi connectivity index (χ3n) is 3.23. The Kier molecular flexibility index (Phi) is 4.71. The third kappa shape index (κ3) is 2.92. The van der Waals surface area contributed by atoms with Crippen LogP contribution >= 0.6 is 0 Å². The van der Waals surface area contributed by atoms with Crippen LogP contribution in [0.15, 0.2) is 6.33 Å². The first-order valence-corrected chi connectivity index (χ1v) is 6.42. The quantitative estimate of drug-likeness (QED) is 0.365. The number of nitro groups is 1. The summed E-state index contributed by atoms with van der Waals surface area (Å²) in [6.07, 6.45) is -3.67. The molecular weight excluding hydrogens is 298 g/mol. The molecule has 11 heteroatoms. The van der Waals surface area contributed by atoms with Crippen molar-refractivity contribution in [3.05, 3.63) is 16.4 Å². The molecule has 1 aromatic heterocycles. The molecule has 1 aromatic rings. The molecule has 122 valence electrons. The van der Waals surface area contributed by atoms with Crippen molar-refractivity contribution >= 4 is 17.3 Å². The normalized spacial score (nSPS) is 27.7. The monoisotopic (exact) mass is 315 g/mol. The van der Waals surface area contributed by atoms with Crippen molar-refractivity contribution in [3.63, 3.8) is 0 Å². The van der Waals surface area contributed by atoms with Gasteiger partial charge in [-0.25, -0.2) is 9.97 Å². The van der Waals surface area contributed by atoms with Gasteiger partial charge in [-0.1, -0.05) is 0 Å². The second-order valence-electron chi connectivity index (χ2n) is 4.95. The minimum absolute atomic E-state index is 0.0780. The molecule has 0 aliphatic carbocycles. The smallest absolute Gasteiger partial charge is 0.353 e. The number of aromatic nitrogens is 2. The van der Waals surface area contributed by atoms with Crippen molar-refractivity contribution in [2.24, 2.45) is 0 Å². The number of ether oxygens (including phenoxy) is 1. The summed E-state index contributed by atoms with van der Waals surface area (Å²) >= 11 is 0. The number of aliphatic hydroxyl groups excluding tert-OH is 3. The number of nitrogens with zero attached hydrogens (tertiary/aromatic N) is 4. The summed E-state index contributed by atoms with van der Waals surface area (Å²) in [6.45, 7) is -0.495. The Balaban J connectivity index is 2.30. The Morgan fingerprint density at radius 2 is 2.09 bits per heavy atom. The molecule has 0 saturated carbocycles. The van der Waals surface area contributed by atoms with E-state index in [-0.39, 0.29) is 17.3 Å². The SMILES string of the molecule is CN(C)c1ncnc(NC2O[C@H](CO)[C@@H](O)[C@H]2O)c1[N+](=O)[O-]. The largest absolute Gasteiger partial charge is 0.394 e. The van der Waals surface area contributed by atoms with Gasteiger partial charge in [-0.3, -0.25) is 10.1 Å². The topological polar surface area (TPSA) is 154 Å². The Labute approximate surface area is 125 Å². The highest BCUT2D eigenvalue weighted by Gasteiger charge is 2.43. The molecule has 0 amide bonds. The lowest BCUT2D eigenvalue weighted by atomic mass is 10.1. The van der Waals surface area contributed by atoms with Crippen LogP contribution in [0.3, 0.4) is 0 Å². The molecule has 2 heterocycles. The number of aliphatic hydroxyl groups is 3. The molecule has 1 saturated heterocycles. The summed E-state index contributed by atoms with van der Waals surface area (Å²) in [6, 6.07) is 0. The summed E-state index contributed by atoms with van der Waals surface area (Å²) < 4.78 is 5.22. The Hall–Kier alpha value is -2.08. The van der Waals surface area contributed by atoms with Gasteiger partial charge >= 0.3 is 5.69 Å². The fourth-order valence-corrected chi connectivity index (χ4v) is 2.12. The number of anilines is 2. The van der Waals surface area contributed by atoms with Gasteiger partial charge < -0.3 is 30.3 Å². The van der Waals surface area contributed by atoms with E-state index in [0.29, 0.717) is 0 Å². The van der Waals surface area contributed by atoms with Gasteiger partial charge in [0, 0.05) is 14.1 Å². The molecule has 0 aromatic carbocycles. The Morgan fingerprint density at radius 1 is 1.41 bits per heavy atom. The lowest BCUT2D eigenvalue weighted by Crippen LogP contribution is -2.37. The molecule has 22 heavy (non-hydrogen) atoms. The highest BCUT2D eigenvalue weighted by atomic mass is 16.6. The molecule has 1 aliphatic heterocycles. The maximum atomic E-state index is 11.3. The van der Waals surface area contributed by atoms with E-state index in [1.165, 1.54) is 4.90 Å². The van der Waals surface area contributed by atoms with E-state index in [1.54, 1.807) is 14.1 Å². The van der Waals surface area contributed by atoms with Crippen molar-refractivity contribution in [2.75, 3.05) is 30.9 Å². The molecule has 4 N–H and O–H groups in total. The molecule has 0 radical (unpaired) electrons. The number of rotatable bonds is 5. The van der Waals surface area contributed by atoms with Gasteiger partial charge in [-0.2, -0.15) is 0 Å². The minimum atomic E-state index is -1.37. The van der Waals surface area contributed by atoms with Crippen molar-refractivity contribution in [1.82, 2.24) is 9.97 Å². The first-order chi connectivity index (χ1) is 10.4. The van der Waals surface area contributed by atoms with Crippen LogP contribution < -0.4 is 10.2 Å². The van der Waals surface area contributed by atoms with Gasteiger partial charge in [0.25, 0.3) is 0 Å². The predicted molar refractivity (Wildman–Crippen MR) is 74.4 cm³/mol. The third-order valence-corrected chi connectivity index (χ3v) is 3.23. The standard InChI is InChI=1S/C11H17N5O6/c1-15(2)10-6(16(20)21)9(12-4-13-10)14-11-8(19)7(18)5(3-17)22-11/h4-5,7-8,11,17-19H,3H2,1-2H3,(H,12,13,14)/t5-,7-,8-,11?/m1/s1. The average molecular weight is 315 g/mol.